The molecule has 92 valence electrons. The second-order valence-electron chi connectivity index (χ2n) is 4.67. The van der Waals surface area contributed by atoms with Crippen LogP contribution in [0.5, 0.6) is 0 Å². The Bertz CT molecular complexity index is 457. The lowest BCUT2D eigenvalue weighted by atomic mass is 10.1. The third kappa shape index (κ3) is 1.68. The molecule has 5 heteroatoms. The molecule has 1 aromatic rings. The molecule has 1 fully saturated rings. The van der Waals surface area contributed by atoms with Crippen LogP contribution in [0.4, 0.5) is 0 Å². The average Bonchev–Trinajstić information content (AvgIpc) is 2.82. The van der Waals surface area contributed by atoms with E-state index in [0.29, 0.717) is 23.7 Å². The van der Waals surface area contributed by atoms with Gasteiger partial charge in [0, 0.05) is 23.4 Å². The van der Waals surface area contributed by atoms with Gasteiger partial charge in [-0.3, -0.25) is 4.90 Å². The van der Waals surface area contributed by atoms with Gasteiger partial charge in [-0.2, -0.15) is 0 Å². The summed E-state index contributed by atoms with van der Waals surface area (Å²) in [5.74, 6) is -0.273. The molecule has 0 aliphatic carbocycles. The average molecular weight is 252 g/mol. The number of nitrogens with zero attached hydrogens (tertiary/aromatic N) is 2. The number of hydrogen-bond donors (Lipinski definition) is 0. The maximum atomic E-state index is 11.7. The third-order valence-corrected chi connectivity index (χ3v) is 4.93. The molecule has 0 amide bonds. The van der Waals surface area contributed by atoms with Crippen molar-refractivity contribution >= 4 is 17.3 Å². The zero-order valence-electron chi connectivity index (χ0n) is 10.1. The summed E-state index contributed by atoms with van der Waals surface area (Å²) in [7, 11) is 2.18. The molecule has 2 atom stereocenters. The third-order valence-electron chi connectivity index (χ3n) is 3.75. The highest BCUT2D eigenvalue weighted by molar-refractivity contribution is 7.13. The van der Waals surface area contributed by atoms with Gasteiger partial charge in [-0.1, -0.05) is 0 Å². The number of aromatic nitrogens is 1. The quantitative estimate of drug-likeness (QED) is 0.755. The SMILES string of the molecule is CCOC(=O)c1nc2c(s1)C1CCC(C2)N1C. The summed E-state index contributed by atoms with van der Waals surface area (Å²) >= 11 is 1.52. The fourth-order valence-corrected chi connectivity index (χ4v) is 4.02. The van der Waals surface area contributed by atoms with Gasteiger partial charge in [0.05, 0.1) is 12.3 Å². The van der Waals surface area contributed by atoms with Crippen molar-refractivity contribution < 1.29 is 9.53 Å². The Kier molecular flexibility index (Phi) is 2.67. The van der Waals surface area contributed by atoms with E-state index in [1.807, 2.05) is 6.92 Å². The zero-order valence-corrected chi connectivity index (χ0v) is 10.9. The molecular formula is C12H16N2O2S. The Morgan fingerprint density at radius 1 is 1.59 bits per heavy atom. The van der Waals surface area contributed by atoms with Crippen LogP contribution in [0.25, 0.3) is 0 Å². The van der Waals surface area contributed by atoms with E-state index in [-0.39, 0.29) is 5.97 Å². The van der Waals surface area contributed by atoms with Crippen molar-refractivity contribution in [1.82, 2.24) is 9.88 Å². The van der Waals surface area contributed by atoms with Crippen LogP contribution in [0.3, 0.4) is 0 Å². The lowest BCUT2D eigenvalue weighted by Crippen LogP contribution is -2.33. The van der Waals surface area contributed by atoms with E-state index in [9.17, 15) is 4.79 Å². The molecule has 3 rings (SSSR count). The van der Waals surface area contributed by atoms with Crippen LogP contribution in [-0.2, 0) is 11.2 Å². The van der Waals surface area contributed by atoms with Crippen molar-refractivity contribution in [3.05, 3.63) is 15.6 Å². The minimum atomic E-state index is -0.273. The molecule has 2 unspecified atom stereocenters. The molecule has 0 spiro atoms. The molecule has 2 aliphatic heterocycles. The summed E-state index contributed by atoms with van der Waals surface area (Å²) in [5, 5.41) is 0.526. The maximum absolute atomic E-state index is 11.7. The van der Waals surface area contributed by atoms with Crippen molar-refractivity contribution in [2.45, 2.75) is 38.3 Å². The van der Waals surface area contributed by atoms with Gasteiger partial charge in [0.15, 0.2) is 0 Å². The van der Waals surface area contributed by atoms with Crippen molar-refractivity contribution in [2.75, 3.05) is 13.7 Å². The van der Waals surface area contributed by atoms with Gasteiger partial charge in [-0.15, -0.1) is 11.3 Å². The first-order valence-electron chi connectivity index (χ1n) is 6.09. The predicted molar refractivity (Wildman–Crippen MR) is 65.3 cm³/mol. The summed E-state index contributed by atoms with van der Waals surface area (Å²) in [4.78, 5) is 19.8. The Labute approximate surface area is 105 Å². The molecule has 2 aliphatic rings. The molecule has 0 saturated carbocycles. The topological polar surface area (TPSA) is 42.4 Å². The van der Waals surface area contributed by atoms with Crippen LogP contribution in [0, 0.1) is 0 Å². The largest absolute Gasteiger partial charge is 0.461 e. The number of thiazole rings is 1. The maximum Gasteiger partial charge on any atom is 0.367 e. The van der Waals surface area contributed by atoms with E-state index >= 15 is 0 Å². The lowest BCUT2D eigenvalue weighted by molar-refractivity contribution is 0.0525. The predicted octanol–water partition coefficient (Wildman–Crippen LogP) is 2.01. The lowest BCUT2D eigenvalue weighted by Gasteiger charge is -2.29. The molecule has 1 saturated heterocycles. The second-order valence-corrected chi connectivity index (χ2v) is 5.70. The monoisotopic (exact) mass is 252 g/mol. The number of carbonyl (C=O) groups is 1. The first kappa shape index (κ1) is 11.2. The summed E-state index contributed by atoms with van der Waals surface area (Å²) in [6, 6.07) is 1.09. The minimum Gasteiger partial charge on any atom is -0.461 e. The van der Waals surface area contributed by atoms with E-state index in [2.05, 4.69) is 16.9 Å². The van der Waals surface area contributed by atoms with Gasteiger partial charge in [-0.05, 0) is 26.8 Å². The van der Waals surface area contributed by atoms with E-state index < -0.39 is 0 Å². The molecule has 0 radical (unpaired) electrons. The Morgan fingerprint density at radius 2 is 2.41 bits per heavy atom. The van der Waals surface area contributed by atoms with E-state index in [0.717, 1.165) is 12.1 Å². The Balaban J connectivity index is 1.92. The number of esters is 1. The van der Waals surface area contributed by atoms with Crippen LogP contribution in [0.2, 0.25) is 0 Å². The van der Waals surface area contributed by atoms with Crippen LogP contribution < -0.4 is 0 Å². The number of rotatable bonds is 2. The molecular weight excluding hydrogens is 236 g/mol. The second kappa shape index (κ2) is 4.07. The summed E-state index contributed by atoms with van der Waals surface area (Å²) in [6.45, 7) is 2.23. The number of hydrogen-bond acceptors (Lipinski definition) is 5. The van der Waals surface area contributed by atoms with Gasteiger partial charge >= 0.3 is 5.97 Å². The van der Waals surface area contributed by atoms with E-state index in [4.69, 9.17) is 4.74 Å². The van der Waals surface area contributed by atoms with Gasteiger partial charge in [-0.25, -0.2) is 9.78 Å². The first-order chi connectivity index (χ1) is 8.20. The molecule has 0 aromatic carbocycles. The van der Waals surface area contributed by atoms with Crippen LogP contribution in [0.15, 0.2) is 0 Å². The minimum absolute atomic E-state index is 0.273. The molecule has 0 N–H and O–H groups in total. The fraction of sp³-hybridized carbons (Fsp3) is 0.667. The standard InChI is InChI=1S/C12H16N2O2S/c1-3-16-12(15)11-13-8-6-7-4-5-9(14(7)2)10(8)17-11/h7,9H,3-6H2,1-2H3. The number of ether oxygens (including phenoxy) is 1. The highest BCUT2D eigenvalue weighted by atomic mass is 32.1. The molecule has 3 heterocycles. The van der Waals surface area contributed by atoms with Gasteiger partial charge in [0.2, 0.25) is 5.01 Å². The summed E-state index contributed by atoms with van der Waals surface area (Å²) in [5.41, 5.74) is 1.13. The van der Waals surface area contributed by atoms with Crippen LogP contribution >= 0.6 is 11.3 Å². The van der Waals surface area contributed by atoms with Gasteiger partial charge in [0.25, 0.3) is 0 Å². The number of fused-ring (bicyclic) bond motifs is 4. The van der Waals surface area contributed by atoms with Crippen molar-refractivity contribution in [3.63, 3.8) is 0 Å². The van der Waals surface area contributed by atoms with E-state index in [1.165, 1.54) is 29.1 Å². The van der Waals surface area contributed by atoms with Gasteiger partial charge < -0.3 is 4.74 Å². The molecule has 1 aromatic heterocycles. The summed E-state index contributed by atoms with van der Waals surface area (Å²) < 4.78 is 5.01. The van der Waals surface area contributed by atoms with Crippen molar-refractivity contribution in [3.8, 4) is 0 Å². The molecule has 4 nitrogen and oxygen atoms in total. The Morgan fingerprint density at radius 3 is 3.18 bits per heavy atom. The molecule has 2 bridgehead atoms. The van der Waals surface area contributed by atoms with Crippen LogP contribution in [0.1, 0.15) is 46.2 Å². The number of likely N-dealkylation sites (N-methyl/N-ethyl adjacent to an activating group) is 1. The highest BCUT2D eigenvalue weighted by Crippen LogP contribution is 2.44. The Hall–Kier alpha value is -0.940. The normalized spacial score (nSPS) is 26.9. The van der Waals surface area contributed by atoms with Gasteiger partial charge in [0.1, 0.15) is 0 Å². The fourth-order valence-electron chi connectivity index (χ4n) is 2.85. The van der Waals surface area contributed by atoms with E-state index in [1.54, 1.807) is 0 Å². The van der Waals surface area contributed by atoms with Crippen molar-refractivity contribution in [1.29, 1.82) is 0 Å². The molecule has 17 heavy (non-hydrogen) atoms. The smallest absolute Gasteiger partial charge is 0.367 e. The van der Waals surface area contributed by atoms with Crippen LogP contribution in [-0.4, -0.2) is 35.5 Å². The highest BCUT2D eigenvalue weighted by Gasteiger charge is 2.40. The first-order valence-corrected chi connectivity index (χ1v) is 6.91. The summed E-state index contributed by atoms with van der Waals surface area (Å²) in [6.07, 6.45) is 3.43. The number of carbonyl (C=O) groups excluding carboxylic acids is 1. The zero-order chi connectivity index (χ0) is 12.0. The van der Waals surface area contributed by atoms with Crippen molar-refractivity contribution in [2.24, 2.45) is 0 Å².